The van der Waals surface area contributed by atoms with Crippen LogP contribution in [0.15, 0.2) is 60.7 Å². The summed E-state index contributed by atoms with van der Waals surface area (Å²) in [7, 11) is 3.38. The third-order valence-electron chi connectivity index (χ3n) is 3.58. The Morgan fingerprint density at radius 2 is 1.04 bits per heavy atom. The van der Waals surface area contributed by atoms with E-state index in [4.69, 9.17) is 0 Å². The number of rotatable bonds is 9. The van der Waals surface area contributed by atoms with Gasteiger partial charge in [0.15, 0.2) is 0 Å². The highest BCUT2D eigenvalue weighted by molar-refractivity contribution is 8.76. The Balaban J connectivity index is 2.12. The molecule has 0 radical (unpaired) electrons. The Hall–Kier alpha value is -1.52. The maximum atomic E-state index is 11.6. The average molecular weight is 359 g/mol. The molecule has 2 rings (SSSR count). The fraction of sp³-hybridized carbons (Fsp3) is 0.300. The molecule has 0 N–H and O–H groups in total. The molecule has 0 unspecified atom stereocenters. The molecule has 0 aromatic heterocycles. The van der Waals surface area contributed by atoms with Crippen LogP contribution in [0, 0.1) is 0 Å². The first-order valence-corrected chi connectivity index (χ1v) is 10.2. The lowest BCUT2D eigenvalue weighted by atomic mass is 10.1. The van der Waals surface area contributed by atoms with Crippen molar-refractivity contribution < 1.29 is 9.59 Å². The lowest BCUT2D eigenvalue weighted by molar-refractivity contribution is -0.117. The van der Waals surface area contributed by atoms with Crippen molar-refractivity contribution in [2.45, 2.75) is 37.2 Å². The molecule has 2 nitrogen and oxygen atoms in total. The van der Waals surface area contributed by atoms with Crippen molar-refractivity contribution in [1.29, 1.82) is 0 Å². The van der Waals surface area contributed by atoms with Gasteiger partial charge in [0.05, 0.1) is 0 Å². The average Bonchev–Trinajstić information content (AvgIpc) is 2.58. The number of Topliss-reactive ketones (excluding diaryl/α,β-unsaturated/α-hetero) is 2. The van der Waals surface area contributed by atoms with E-state index in [2.05, 4.69) is 24.3 Å². The van der Waals surface area contributed by atoms with Gasteiger partial charge in [0.25, 0.3) is 0 Å². The van der Waals surface area contributed by atoms with Crippen LogP contribution >= 0.6 is 21.6 Å². The van der Waals surface area contributed by atoms with Crippen LogP contribution in [0.4, 0.5) is 0 Å². The van der Waals surface area contributed by atoms with Gasteiger partial charge in [-0.2, -0.15) is 0 Å². The molecule has 0 spiro atoms. The van der Waals surface area contributed by atoms with Gasteiger partial charge in [0.2, 0.25) is 0 Å². The van der Waals surface area contributed by atoms with Crippen molar-refractivity contribution in [3.63, 3.8) is 0 Å². The van der Waals surface area contributed by atoms with Crippen molar-refractivity contribution in [3.05, 3.63) is 71.8 Å². The largest absolute Gasteiger partial charge is 0.300 e. The predicted octanol–water partition coefficient (Wildman–Crippen LogP) is 5.81. The summed E-state index contributed by atoms with van der Waals surface area (Å²) >= 11 is 0. The first kappa shape index (κ1) is 18.8. The first-order valence-electron chi connectivity index (χ1n) is 7.97. The van der Waals surface area contributed by atoms with E-state index in [1.165, 1.54) is 0 Å². The summed E-state index contributed by atoms with van der Waals surface area (Å²) in [5.74, 6) is 0.361. The molecule has 0 amide bonds. The van der Waals surface area contributed by atoms with E-state index in [9.17, 15) is 9.59 Å². The zero-order valence-electron chi connectivity index (χ0n) is 14.0. The van der Waals surface area contributed by atoms with Crippen molar-refractivity contribution in [1.82, 2.24) is 0 Å². The molecule has 4 heteroatoms. The van der Waals surface area contributed by atoms with Gasteiger partial charge in [-0.3, -0.25) is 9.59 Å². The minimum absolute atomic E-state index is 0.104. The van der Waals surface area contributed by atoms with Crippen molar-refractivity contribution in [2.75, 3.05) is 0 Å². The van der Waals surface area contributed by atoms with Gasteiger partial charge >= 0.3 is 0 Å². The Kier molecular flexibility index (Phi) is 7.60. The lowest BCUT2D eigenvalue weighted by Gasteiger charge is -2.20. The monoisotopic (exact) mass is 358 g/mol. The number of benzene rings is 2. The molecule has 126 valence electrons. The van der Waals surface area contributed by atoms with E-state index >= 15 is 0 Å². The molecule has 2 aromatic carbocycles. The fourth-order valence-electron chi connectivity index (χ4n) is 2.41. The molecule has 0 aliphatic rings. The molecule has 0 heterocycles. The van der Waals surface area contributed by atoms with Gasteiger partial charge in [0.1, 0.15) is 11.6 Å². The Labute approximate surface area is 151 Å². The minimum atomic E-state index is 0.104. The van der Waals surface area contributed by atoms with Crippen LogP contribution in [-0.2, 0) is 9.59 Å². The van der Waals surface area contributed by atoms with Gasteiger partial charge in [-0.25, -0.2) is 0 Å². The Morgan fingerprint density at radius 3 is 1.33 bits per heavy atom. The normalized spacial score (nSPS) is 13.2. The standard InChI is InChI=1S/C20H22O2S2/c1-15(21)13-19(17-9-5-3-6-10-17)23-24-20(14-16(2)22)18-11-7-4-8-12-18/h3-12,19-20H,13-14H2,1-2H3/t19-,20+. The Morgan fingerprint density at radius 1 is 0.708 bits per heavy atom. The predicted molar refractivity (Wildman–Crippen MR) is 104 cm³/mol. The van der Waals surface area contributed by atoms with Crippen molar-refractivity contribution in [2.24, 2.45) is 0 Å². The highest BCUT2D eigenvalue weighted by Gasteiger charge is 2.20. The summed E-state index contributed by atoms with van der Waals surface area (Å²) in [5.41, 5.74) is 2.31. The lowest BCUT2D eigenvalue weighted by Crippen LogP contribution is -2.03. The van der Waals surface area contributed by atoms with Gasteiger partial charge in [-0.1, -0.05) is 82.3 Å². The zero-order valence-corrected chi connectivity index (χ0v) is 15.6. The van der Waals surface area contributed by atoms with Crippen LogP contribution in [0.1, 0.15) is 48.3 Å². The van der Waals surface area contributed by atoms with Crippen molar-refractivity contribution >= 4 is 33.2 Å². The molecule has 0 saturated carbocycles. The number of hydrogen-bond donors (Lipinski definition) is 0. The molecule has 0 bridgehead atoms. The van der Waals surface area contributed by atoms with Gasteiger partial charge in [-0.05, 0) is 25.0 Å². The topological polar surface area (TPSA) is 34.1 Å². The smallest absolute Gasteiger partial charge is 0.131 e. The number of hydrogen-bond acceptors (Lipinski definition) is 4. The van der Waals surface area contributed by atoms with E-state index in [0.29, 0.717) is 12.8 Å². The summed E-state index contributed by atoms with van der Waals surface area (Å²) in [6.07, 6.45) is 1.01. The second-order valence-electron chi connectivity index (χ2n) is 5.80. The van der Waals surface area contributed by atoms with Crippen LogP contribution in [0.2, 0.25) is 0 Å². The van der Waals surface area contributed by atoms with Crippen LogP contribution in [0.3, 0.4) is 0 Å². The minimum Gasteiger partial charge on any atom is -0.300 e. The third kappa shape index (κ3) is 6.17. The SMILES string of the molecule is CC(=O)C[C@H](SS[C@H](CC(C)=O)c1ccccc1)c1ccccc1. The fourth-order valence-corrected chi connectivity index (χ4v) is 5.70. The molecule has 0 aliphatic heterocycles. The second kappa shape index (κ2) is 9.70. The number of carbonyl (C=O) groups excluding carboxylic acids is 2. The zero-order chi connectivity index (χ0) is 17.4. The Bertz CT molecular complexity index is 596. The van der Waals surface area contributed by atoms with Crippen LogP contribution in [0.5, 0.6) is 0 Å². The highest BCUT2D eigenvalue weighted by atomic mass is 33.1. The highest BCUT2D eigenvalue weighted by Crippen LogP contribution is 2.48. The van der Waals surface area contributed by atoms with Gasteiger partial charge in [-0.15, -0.1) is 0 Å². The number of ketones is 2. The van der Waals surface area contributed by atoms with E-state index in [0.717, 1.165) is 11.1 Å². The third-order valence-corrected chi connectivity index (χ3v) is 6.76. The summed E-state index contributed by atoms with van der Waals surface area (Å²) < 4.78 is 0. The molecule has 0 fully saturated rings. The van der Waals surface area contributed by atoms with Crippen LogP contribution in [-0.4, -0.2) is 11.6 Å². The summed E-state index contributed by atoms with van der Waals surface area (Å²) in [6, 6.07) is 20.2. The van der Waals surface area contributed by atoms with E-state index in [1.807, 2.05) is 36.4 Å². The summed E-state index contributed by atoms with van der Waals surface area (Å²) in [5, 5.41) is 0.207. The maximum absolute atomic E-state index is 11.6. The number of carbonyl (C=O) groups is 2. The molecule has 2 aromatic rings. The second-order valence-corrected chi connectivity index (χ2v) is 8.48. The molecular weight excluding hydrogens is 336 g/mol. The van der Waals surface area contributed by atoms with E-state index < -0.39 is 0 Å². The summed E-state index contributed by atoms with van der Waals surface area (Å²) in [4.78, 5) is 23.3. The quantitative estimate of drug-likeness (QED) is 0.530. The van der Waals surface area contributed by atoms with Crippen LogP contribution < -0.4 is 0 Å². The molecule has 2 atom stereocenters. The molecule has 0 saturated heterocycles. The maximum Gasteiger partial charge on any atom is 0.131 e. The molecular formula is C20H22O2S2. The van der Waals surface area contributed by atoms with Crippen LogP contribution in [0.25, 0.3) is 0 Å². The van der Waals surface area contributed by atoms with Crippen molar-refractivity contribution in [3.8, 4) is 0 Å². The van der Waals surface area contributed by atoms with Gasteiger partial charge < -0.3 is 0 Å². The molecule has 24 heavy (non-hydrogen) atoms. The summed E-state index contributed by atoms with van der Waals surface area (Å²) in [6.45, 7) is 3.26. The van der Waals surface area contributed by atoms with E-state index in [-0.39, 0.29) is 22.1 Å². The molecule has 0 aliphatic carbocycles. The van der Waals surface area contributed by atoms with E-state index in [1.54, 1.807) is 35.4 Å². The first-order chi connectivity index (χ1) is 11.6. The van der Waals surface area contributed by atoms with Gasteiger partial charge in [0, 0.05) is 23.3 Å².